The Morgan fingerprint density at radius 2 is 2.00 bits per heavy atom. The van der Waals surface area contributed by atoms with Crippen LogP contribution in [-0.4, -0.2) is 43.6 Å². The third kappa shape index (κ3) is 3.02. The number of piperidine rings is 2. The van der Waals surface area contributed by atoms with Crippen molar-refractivity contribution in [3.05, 3.63) is 30.5 Å². The topological polar surface area (TPSA) is 46.8 Å². The molecule has 0 saturated carbocycles. The van der Waals surface area contributed by atoms with E-state index < -0.39 is 0 Å². The van der Waals surface area contributed by atoms with E-state index in [1.807, 2.05) is 25.4 Å². The van der Waals surface area contributed by atoms with E-state index in [0.717, 1.165) is 35.8 Å². The van der Waals surface area contributed by atoms with Gasteiger partial charge in [0.05, 0.1) is 0 Å². The van der Waals surface area contributed by atoms with Crippen LogP contribution in [0.15, 0.2) is 24.7 Å². The van der Waals surface area contributed by atoms with Crippen molar-refractivity contribution in [3.63, 3.8) is 0 Å². The maximum atomic E-state index is 4.56. The molecule has 0 spiro atoms. The van der Waals surface area contributed by atoms with Crippen molar-refractivity contribution in [3.8, 4) is 11.5 Å². The Balaban J connectivity index is 1.56. The maximum absolute atomic E-state index is 4.56. The second-order valence-electron chi connectivity index (χ2n) is 6.89. The van der Waals surface area contributed by atoms with E-state index in [0.29, 0.717) is 0 Å². The van der Waals surface area contributed by atoms with E-state index in [1.165, 1.54) is 45.2 Å². The molecule has 0 aliphatic carbocycles. The zero-order chi connectivity index (χ0) is 15.6. The number of aryl methyl sites for hydroxylation is 1. The van der Waals surface area contributed by atoms with Crippen LogP contribution < -0.4 is 0 Å². The molecule has 0 unspecified atom stereocenters. The average molecular weight is 311 g/mol. The first-order valence-corrected chi connectivity index (χ1v) is 8.86. The molecule has 5 nitrogen and oxygen atoms in total. The molecule has 122 valence electrons. The van der Waals surface area contributed by atoms with Crippen molar-refractivity contribution in [1.29, 1.82) is 0 Å². The summed E-state index contributed by atoms with van der Waals surface area (Å²) in [6.45, 7) is 5.57. The van der Waals surface area contributed by atoms with Gasteiger partial charge in [0.1, 0.15) is 11.5 Å². The molecule has 2 aromatic rings. The van der Waals surface area contributed by atoms with Gasteiger partial charge in [-0.25, -0.2) is 15.0 Å². The first kappa shape index (κ1) is 14.8. The van der Waals surface area contributed by atoms with Crippen molar-refractivity contribution in [2.45, 2.75) is 51.6 Å². The molecule has 2 aliphatic heterocycles. The van der Waals surface area contributed by atoms with E-state index in [-0.39, 0.29) is 0 Å². The Morgan fingerprint density at radius 3 is 2.91 bits per heavy atom. The van der Waals surface area contributed by atoms with Gasteiger partial charge in [-0.1, -0.05) is 6.42 Å². The van der Waals surface area contributed by atoms with Gasteiger partial charge in [-0.15, -0.1) is 0 Å². The lowest BCUT2D eigenvalue weighted by Crippen LogP contribution is -2.49. The summed E-state index contributed by atoms with van der Waals surface area (Å²) in [6, 6.07) is 2.72. The minimum Gasteiger partial charge on any atom is -0.329 e. The standard InChI is InChI=1S/C18H25N5/c1-14-19-8-7-16(21-14)18-20-9-12-23(18)13-15-5-4-11-22-10-3-2-6-17(15)22/h7-9,12,15,17H,2-6,10-11,13H2,1H3/t15-,17+/m0/s1. The molecule has 2 aromatic heterocycles. The predicted octanol–water partition coefficient (Wildman–Crippen LogP) is 2.91. The maximum Gasteiger partial charge on any atom is 0.158 e. The number of nitrogens with zero attached hydrogens (tertiary/aromatic N) is 5. The van der Waals surface area contributed by atoms with Crippen LogP contribution in [0.25, 0.3) is 11.5 Å². The van der Waals surface area contributed by atoms with E-state index in [9.17, 15) is 0 Å². The molecule has 2 saturated heterocycles. The van der Waals surface area contributed by atoms with Crippen LogP contribution in [0.1, 0.15) is 37.9 Å². The molecule has 2 atom stereocenters. The predicted molar refractivity (Wildman–Crippen MR) is 89.9 cm³/mol. The van der Waals surface area contributed by atoms with Crippen molar-refractivity contribution >= 4 is 0 Å². The first-order valence-electron chi connectivity index (χ1n) is 8.86. The van der Waals surface area contributed by atoms with Crippen LogP contribution >= 0.6 is 0 Å². The smallest absolute Gasteiger partial charge is 0.158 e. The van der Waals surface area contributed by atoms with Crippen molar-refractivity contribution < 1.29 is 0 Å². The number of hydrogen-bond donors (Lipinski definition) is 0. The molecular weight excluding hydrogens is 286 g/mol. The summed E-state index contributed by atoms with van der Waals surface area (Å²) in [5.41, 5.74) is 0.929. The highest BCUT2D eigenvalue weighted by Gasteiger charge is 2.33. The second kappa shape index (κ2) is 6.40. The second-order valence-corrected chi connectivity index (χ2v) is 6.89. The molecule has 0 radical (unpaired) electrons. The van der Waals surface area contributed by atoms with Crippen molar-refractivity contribution in [1.82, 2.24) is 24.4 Å². The Morgan fingerprint density at radius 1 is 1.09 bits per heavy atom. The molecule has 4 heterocycles. The molecule has 2 fully saturated rings. The summed E-state index contributed by atoms with van der Waals surface area (Å²) >= 11 is 0. The van der Waals surface area contributed by atoms with Crippen molar-refractivity contribution in [2.75, 3.05) is 13.1 Å². The minimum absolute atomic E-state index is 0.736. The number of rotatable bonds is 3. The van der Waals surface area contributed by atoms with Crippen LogP contribution in [0.2, 0.25) is 0 Å². The molecular formula is C18H25N5. The van der Waals surface area contributed by atoms with Crippen molar-refractivity contribution in [2.24, 2.45) is 5.92 Å². The minimum atomic E-state index is 0.736. The number of imidazole rings is 1. The van der Waals surface area contributed by atoms with Gasteiger partial charge in [0, 0.05) is 31.2 Å². The molecule has 2 aliphatic rings. The first-order chi connectivity index (χ1) is 11.3. The molecule has 5 heteroatoms. The van der Waals surface area contributed by atoms with Gasteiger partial charge in [0.15, 0.2) is 5.82 Å². The fraction of sp³-hybridized carbons (Fsp3) is 0.611. The van der Waals surface area contributed by atoms with E-state index in [4.69, 9.17) is 0 Å². The lowest BCUT2D eigenvalue weighted by molar-refractivity contribution is 0.0521. The number of aromatic nitrogens is 4. The Hall–Kier alpha value is -1.75. The molecule has 0 bridgehead atoms. The SMILES string of the molecule is Cc1nccc(-c2nccn2C[C@@H]2CCCN3CCCC[C@H]23)n1. The number of fused-ring (bicyclic) bond motifs is 1. The molecule has 0 N–H and O–H groups in total. The quantitative estimate of drug-likeness (QED) is 0.874. The van der Waals surface area contributed by atoms with Crippen LogP contribution in [-0.2, 0) is 6.54 Å². The van der Waals surface area contributed by atoms with Gasteiger partial charge in [-0.3, -0.25) is 0 Å². The fourth-order valence-electron chi connectivity index (χ4n) is 4.31. The zero-order valence-electron chi connectivity index (χ0n) is 13.9. The van der Waals surface area contributed by atoms with E-state index in [2.05, 4.69) is 30.6 Å². The van der Waals surface area contributed by atoms with Gasteiger partial charge in [-0.05, 0) is 57.7 Å². The summed E-state index contributed by atoms with van der Waals surface area (Å²) in [7, 11) is 0. The molecule has 4 rings (SSSR count). The Labute approximate surface area is 137 Å². The third-order valence-electron chi connectivity index (χ3n) is 5.38. The summed E-state index contributed by atoms with van der Waals surface area (Å²) in [6.07, 6.45) is 12.6. The number of hydrogen-bond acceptors (Lipinski definition) is 4. The third-order valence-corrected chi connectivity index (χ3v) is 5.38. The normalized spacial score (nSPS) is 25.3. The van der Waals surface area contributed by atoms with E-state index >= 15 is 0 Å². The van der Waals surface area contributed by atoms with Gasteiger partial charge in [0.2, 0.25) is 0 Å². The Kier molecular flexibility index (Phi) is 4.12. The average Bonchev–Trinajstić information content (AvgIpc) is 3.03. The molecule has 0 aromatic carbocycles. The van der Waals surface area contributed by atoms with Crippen LogP contribution in [0, 0.1) is 12.8 Å². The lowest BCUT2D eigenvalue weighted by Gasteiger charge is -2.44. The van der Waals surface area contributed by atoms with Gasteiger partial charge < -0.3 is 9.47 Å². The summed E-state index contributed by atoms with van der Waals surface area (Å²) < 4.78 is 2.30. The van der Waals surface area contributed by atoms with Crippen LogP contribution in [0.5, 0.6) is 0 Å². The Bertz CT molecular complexity index is 663. The van der Waals surface area contributed by atoms with Crippen LogP contribution in [0.4, 0.5) is 0 Å². The summed E-state index contributed by atoms with van der Waals surface area (Å²) in [5.74, 6) is 2.51. The highest BCUT2D eigenvalue weighted by Crippen LogP contribution is 2.32. The summed E-state index contributed by atoms with van der Waals surface area (Å²) in [5, 5.41) is 0. The van der Waals surface area contributed by atoms with Crippen LogP contribution in [0.3, 0.4) is 0 Å². The zero-order valence-corrected chi connectivity index (χ0v) is 13.9. The van der Waals surface area contributed by atoms with Gasteiger partial charge in [-0.2, -0.15) is 0 Å². The highest BCUT2D eigenvalue weighted by molar-refractivity contribution is 5.48. The largest absolute Gasteiger partial charge is 0.329 e. The lowest BCUT2D eigenvalue weighted by atomic mass is 9.83. The monoisotopic (exact) mass is 311 g/mol. The molecule has 0 amide bonds. The molecule has 23 heavy (non-hydrogen) atoms. The van der Waals surface area contributed by atoms with Gasteiger partial charge in [0.25, 0.3) is 0 Å². The summed E-state index contributed by atoms with van der Waals surface area (Å²) in [4.78, 5) is 16.0. The van der Waals surface area contributed by atoms with Gasteiger partial charge >= 0.3 is 0 Å². The highest BCUT2D eigenvalue weighted by atomic mass is 15.2. The fourth-order valence-corrected chi connectivity index (χ4v) is 4.31. The van der Waals surface area contributed by atoms with E-state index in [1.54, 1.807) is 0 Å².